The minimum atomic E-state index is -1.12. The second-order valence-electron chi connectivity index (χ2n) is 11.3. The predicted molar refractivity (Wildman–Crippen MR) is 172 cm³/mol. The number of carboxylic acid groups (broad SMARTS) is 1. The summed E-state index contributed by atoms with van der Waals surface area (Å²) in [6, 6.07) is 29.9. The first kappa shape index (κ1) is 30.9. The normalized spacial score (nSPS) is 10.9. The lowest BCUT2D eigenvalue weighted by Crippen LogP contribution is -2.35. The van der Waals surface area contributed by atoms with Gasteiger partial charge in [-0.1, -0.05) is 85.2 Å². The molecule has 0 bridgehead atoms. The second kappa shape index (κ2) is 13.8. The topological polar surface area (TPSA) is 126 Å². The highest BCUT2D eigenvalue weighted by molar-refractivity contribution is 5.97. The smallest absolute Gasteiger partial charge is 0.323 e. The minimum Gasteiger partial charge on any atom is -0.480 e. The first-order valence-electron chi connectivity index (χ1n) is 14.7. The Morgan fingerprint density at radius 3 is 1.98 bits per heavy atom. The third-order valence-corrected chi connectivity index (χ3v) is 7.15. The summed E-state index contributed by atoms with van der Waals surface area (Å²) in [4.78, 5) is 42.7. The monoisotopic (exact) mass is 602 g/mol. The van der Waals surface area contributed by atoms with E-state index < -0.39 is 18.4 Å². The molecule has 9 nitrogen and oxygen atoms in total. The van der Waals surface area contributed by atoms with Gasteiger partial charge in [0.2, 0.25) is 11.7 Å². The molecular formula is C36H34N4O5. The molecule has 2 N–H and O–H groups in total. The number of hydrogen-bond donors (Lipinski definition) is 2. The number of benzene rings is 4. The number of aromatic nitrogens is 2. The number of nitrogens with one attached hydrogen (secondary N) is 1. The van der Waals surface area contributed by atoms with Gasteiger partial charge in [-0.2, -0.15) is 4.98 Å². The highest BCUT2D eigenvalue weighted by Crippen LogP contribution is 2.26. The van der Waals surface area contributed by atoms with Gasteiger partial charge in [-0.25, -0.2) is 0 Å². The molecule has 0 aliphatic rings. The summed E-state index contributed by atoms with van der Waals surface area (Å²) in [5.74, 6) is -0.625. The molecule has 0 unspecified atom stereocenters. The first-order chi connectivity index (χ1) is 21.6. The van der Waals surface area contributed by atoms with Gasteiger partial charge in [0.05, 0.1) is 0 Å². The van der Waals surface area contributed by atoms with Crippen LogP contribution in [0, 0.1) is 12.8 Å². The van der Waals surface area contributed by atoms with Gasteiger partial charge in [0.1, 0.15) is 6.54 Å². The molecule has 9 heteroatoms. The van der Waals surface area contributed by atoms with Crippen molar-refractivity contribution in [1.82, 2.24) is 15.0 Å². The number of hydrogen-bond acceptors (Lipinski definition) is 6. The Morgan fingerprint density at radius 1 is 0.800 bits per heavy atom. The van der Waals surface area contributed by atoms with E-state index in [1.807, 2.05) is 50.2 Å². The Morgan fingerprint density at radius 2 is 1.38 bits per heavy atom. The summed E-state index contributed by atoms with van der Waals surface area (Å²) < 4.78 is 5.53. The lowest BCUT2D eigenvalue weighted by molar-refractivity contribution is -0.137. The second-order valence-corrected chi connectivity index (χ2v) is 11.3. The predicted octanol–water partition coefficient (Wildman–Crippen LogP) is 7.09. The van der Waals surface area contributed by atoms with Crippen LogP contribution in [0.2, 0.25) is 0 Å². The first-order valence-corrected chi connectivity index (χ1v) is 14.7. The molecule has 2 amide bonds. The van der Waals surface area contributed by atoms with Crippen molar-refractivity contribution < 1.29 is 24.0 Å². The number of carbonyl (C=O) groups excluding carboxylic acids is 2. The highest BCUT2D eigenvalue weighted by Gasteiger charge is 2.20. The lowest BCUT2D eigenvalue weighted by atomic mass is 10.0. The van der Waals surface area contributed by atoms with Gasteiger partial charge < -0.3 is 19.8 Å². The van der Waals surface area contributed by atoms with E-state index in [1.165, 1.54) is 10.5 Å². The van der Waals surface area contributed by atoms with Gasteiger partial charge in [0, 0.05) is 35.3 Å². The molecule has 0 fully saturated rings. The molecule has 45 heavy (non-hydrogen) atoms. The van der Waals surface area contributed by atoms with E-state index in [-0.39, 0.29) is 18.4 Å². The van der Waals surface area contributed by atoms with E-state index in [4.69, 9.17) is 4.52 Å². The fraction of sp³-hybridized carbons (Fsp3) is 0.194. The summed E-state index contributed by atoms with van der Waals surface area (Å²) in [6.45, 7) is 5.60. The Labute approximate surface area is 261 Å². The Hall–Kier alpha value is -5.57. The van der Waals surface area contributed by atoms with Crippen LogP contribution in [-0.4, -0.2) is 44.5 Å². The molecule has 5 aromatic rings. The van der Waals surface area contributed by atoms with Crippen molar-refractivity contribution in [3.8, 4) is 34.0 Å². The average molecular weight is 603 g/mol. The van der Waals surface area contributed by atoms with Crippen molar-refractivity contribution in [1.29, 1.82) is 0 Å². The van der Waals surface area contributed by atoms with E-state index in [0.717, 1.165) is 27.8 Å². The van der Waals surface area contributed by atoms with E-state index in [9.17, 15) is 19.5 Å². The summed E-state index contributed by atoms with van der Waals surface area (Å²) in [5, 5.41) is 16.4. The number of amides is 2. The molecule has 0 atom stereocenters. The third kappa shape index (κ3) is 8.08. The van der Waals surface area contributed by atoms with Gasteiger partial charge in [-0.05, 0) is 65.9 Å². The Balaban J connectivity index is 1.24. The Bertz CT molecular complexity index is 1780. The van der Waals surface area contributed by atoms with Crippen molar-refractivity contribution in [2.45, 2.75) is 33.7 Å². The van der Waals surface area contributed by atoms with Crippen molar-refractivity contribution in [3.05, 3.63) is 114 Å². The van der Waals surface area contributed by atoms with Crippen LogP contribution in [-0.2, 0) is 16.1 Å². The van der Waals surface area contributed by atoms with Crippen LogP contribution in [0.25, 0.3) is 34.0 Å². The molecule has 1 aromatic heterocycles. The largest absolute Gasteiger partial charge is 0.480 e. The van der Waals surface area contributed by atoms with Crippen LogP contribution in [0.5, 0.6) is 0 Å². The molecule has 0 aliphatic heterocycles. The molecule has 0 radical (unpaired) electrons. The molecule has 0 aliphatic carbocycles. The molecule has 228 valence electrons. The maximum absolute atomic E-state index is 13.2. The highest BCUT2D eigenvalue weighted by atomic mass is 16.5. The van der Waals surface area contributed by atoms with Gasteiger partial charge in [0.25, 0.3) is 11.8 Å². The minimum absolute atomic E-state index is 0.0864. The zero-order valence-electron chi connectivity index (χ0n) is 25.4. The van der Waals surface area contributed by atoms with Crippen molar-refractivity contribution in [2.24, 2.45) is 5.92 Å². The summed E-state index contributed by atoms with van der Waals surface area (Å²) in [7, 11) is 0. The number of aryl methyl sites for hydroxylation is 1. The molecule has 0 saturated heterocycles. The van der Waals surface area contributed by atoms with Gasteiger partial charge in [-0.3, -0.25) is 14.4 Å². The van der Waals surface area contributed by atoms with E-state index >= 15 is 0 Å². The van der Waals surface area contributed by atoms with Crippen molar-refractivity contribution in [3.63, 3.8) is 0 Å². The summed E-state index contributed by atoms with van der Waals surface area (Å²) in [5.41, 5.74) is 6.57. The number of carbonyl (C=O) groups is 3. The van der Waals surface area contributed by atoms with Crippen LogP contribution in [0.4, 0.5) is 5.69 Å². The fourth-order valence-corrected chi connectivity index (χ4v) is 4.81. The number of nitrogens with zero attached hydrogens (tertiary/aromatic N) is 3. The molecule has 0 spiro atoms. The quantitative estimate of drug-likeness (QED) is 0.165. The summed E-state index contributed by atoms with van der Waals surface area (Å²) >= 11 is 0. The number of rotatable bonds is 11. The third-order valence-electron chi connectivity index (χ3n) is 7.15. The fourth-order valence-electron chi connectivity index (χ4n) is 4.81. The van der Waals surface area contributed by atoms with Gasteiger partial charge >= 0.3 is 5.97 Å². The molecule has 5 rings (SSSR count). The number of anilines is 1. The van der Waals surface area contributed by atoms with Crippen LogP contribution in [0.15, 0.2) is 102 Å². The van der Waals surface area contributed by atoms with E-state index in [0.29, 0.717) is 29.4 Å². The van der Waals surface area contributed by atoms with Crippen LogP contribution < -0.4 is 5.32 Å². The SMILES string of the molecule is Cc1ccc(-c2ccc(-c3nc(-c4ccc(CN(CC(=O)O)C(=O)c5ccc(NC(=O)CC(C)C)cc5)cc4)no3)cc2)cc1. The average Bonchev–Trinajstić information content (AvgIpc) is 3.51. The standard InChI is InChI=1S/C36H34N4O5/c1-23(2)20-32(41)37-31-18-16-30(17-19-31)36(44)40(22-33(42)43)21-25-6-10-28(11-7-25)34-38-35(45-39-34)29-14-12-27(13-15-29)26-8-4-24(3)5-9-26/h4-19,23H,20-22H2,1-3H3,(H,37,41)(H,42,43). The van der Waals surface area contributed by atoms with E-state index in [2.05, 4.69) is 46.6 Å². The molecular weight excluding hydrogens is 568 g/mol. The molecule has 0 saturated carbocycles. The van der Waals surface area contributed by atoms with E-state index in [1.54, 1.807) is 36.4 Å². The number of carboxylic acids is 1. The van der Waals surface area contributed by atoms with Crippen LogP contribution in [0.1, 0.15) is 41.8 Å². The lowest BCUT2D eigenvalue weighted by Gasteiger charge is -2.21. The summed E-state index contributed by atoms with van der Waals surface area (Å²) in [6.07, 6.45) is 0.391. The van der Waals surface area contributed by atoms with Crippen molar-refractivity contribution >= 4 is 23.5 Å². The van der Waals surface area contributed by atoms with Crippen molar-refractivity contribution in [2.75, 3.05) is 11.9 Å². The Kier molecular flexibility index (Phi) is 9.48. The molecule has 4 aromatic carbocycles. The van der Waals surface area contributed by atoms with Gasteiger partial charge in [0.15, 0.2) is 0 Å². The zero-order chi connectivity index (χ0) is 31.9. The van der Waals surface area contributed by atoms with Crippen LogP contribution >= 0.6 is 0 Å². The molecule has 1 heterocycles. The zero-order valence-corrected chi connectivity index (χ0v) is 25.4. The van der Waals surface area contributed by atoms with Crippen LogP contribution in [0.3, 0.4) is 0 Å². The maximum Gasteiger partial charge on any atom is 0.323 e. The maximum atomic E-state index is 13.2. The van der Waals surface area contributed by atoms with Gasteiger partial charge in [-0.15, -0.1) is 0 Å². The number of aliphatic carboxylic acids is 1.